The van der Waals surface area contributed by atoms with E-state index in [1.54, 1.807) is 0 Å². The number of hydrogen-bond acceptors (Lipinski definition) is 4. The van der Waals surface area contributed by atoms with Gasteiger partial charge in [-0.3, -0.25) is 10.1 Å². The molecular formula is C10H17N3O2. The molecule has 0 saturated carbocycles. The number of carbonyl (C=O) groups is 1. The minimum atomic E-state index is -0.0482. The first-order valence-corrected chi connectivity index (χ1v) is 5.39. The lowest BCUT2D eigenvalue weighted by atomic mass is 10.1. The summed E-state index contributed by atoms with van der Waals surface area (Å²) < 4.78 is 4.50. The molecule has 0 aliphatic rings. The molecule has 0 aromatic carbocycles. The molecule has 1 aromatic heterocycles. The third-order valence-electron chi connectivity index (χ3n) is 2.12. The normalized spacial score (nSPS) is 10.2. The van der Waals surface area contributed by atoms with Crippen molar-refractivity contribution in [1.82, 2.24) is 10.1 Å². The van der Waals surface area contributed by atoms with E-state index in [0.717, 1.165) is 12.8 Å². The van der Waals surface area contributed by atoms with Gasteiger partial charge >= 0.3 is 0 Å². The van der Waals surface area contributed by atoms with Crippen LogP contribution in [0, 0.1) is 0 Å². The zero-order valence-corrected chi connectivity index (χ0v) is 9.03. The number of rotatable bonds is 7. The van der Waals surface area contributed by atoms with Crippen molar-refractivity contribution in [2.24, 2.45) is 0 Å². The zero-order valence-electron chi connectivity index (χ0n) is 9.03. The summed E-state index contributed by atoms with van der Waals surface area (Å²) in [5.74, 6) is 0.196. The second-order valence-electron chi connectivity index (χ2n) is 3.47. The van der Waals surface area contributed by atoms with Crippen LogP contribution >= 0.6 is 0 Å². The second-order valence-corrected chi connectivity index (χ2v) is 3.47. The maximum atomic E-state index is 11.3. The van der Waals surface area contributed by atoms with Crippen LogP contribution in [0.3, 0.4) is 0 Å². The molecule has 0 radical (unpaired) electrons. The lowest BCUT2D eigenvalue weighted by Gasteiger charge is -2.00. The monoisotopic (exact) mass is 211 g/mol. The summed E-state index contributed by atoms with van der Waals surface area (Å²) in [6.45, 7) is 2.17. The molecule has 5 nitrogen and oxygen atoms in total. The van der Waals surface area contributed by atoms with Crippen LogP contribution in [0.15, 0.2) is 10.9 Å². The maximum absolute atomic E-state index is 11.3. The molecule has 0 atom stereocenters. The molecule has 1 amide bonds. The molecule has 15 heavy (non-hydrogen) atoms. The van der Waals surface area contributed by atoms with E-state index < -0.39 is 0 Å². The second kappa shape index (κ2) is 6.98. The molecule has 0 aliphatic carbocycles. The van der Waals surface area contributed by atoms with Crippen molar-refractivity contribution in [3.63, 3.8) is 0 Å². The van der Waals surface area contributed by atoms with Crippen LogP contribution in [0.2, 0.25) is 0 Å². The van der Waals surface area contributed by atoms with Gasteiger partial charge in [-0.1, -0.05) is 32.6 Å². The summed E-state index contributed by atoms with van der Waals surface area (Å²) >= 11 is 0. The molecule has 0 fully saturated rings. The Bertz CT molecular complexity index is 272. The Kier molecular flexibility index (Phi) is 5.43. The van der Waals surface area contributed by atoms with E-state index in [4.69, 9.17) is 0 Å². The summed E-state index contributed by atoms with van der Waals surface area (Å²) in [5.41, 5.74) is 0. The fourth-order valence-electron chi connectivity index (χ4n) is 1.30. The minimum absolute atomic E-state index is 0.0482. The fraction of sp³-hybridized carbons (Fsp3) is 0.700. The van der Waals surface area contributed by atoms with Gasteiger partial charge in [-0.25, -0.2) is 0 Å². The van der Waals surface area contributed by atoms with Gasteiger partial charge in [0.25, 0.3) is 5.95 Å². The topological polar surface area (TPSA) is 68.0 Å². The Hall–Kier alpha value is -1.39. The van der Waals surface area contributed by atoms with E-state index in [1.165, 1.54) is 25.7 Å². The minimum Gasteiger partial charge on any atom is -0.341 e. The average Bonchev–Trinajstić information content (AvgIpc) is 2.70. The molecular weight excluding hydrogens is 194 g/mol. The summed E-state index contributed by atoms with van der Waals surface area (Å²) in [5, 5.41) is 6.05. The van der Waals surface area contributed by atoms with Crippen molar-refractivity contribution in [2.45, 2.75) is 45.4 Å². The van der Waals surface area contributed by atoms with Crippen molar-refractivity contribution in [1.29, 1.82) is 0 Å². The fourth-order valence-corrected chi connectivity index (χ4v) is 1.30. The lowest BCUT2D eigenvalue weighted by molar-refractivity contribution is -0.116. The largest absolute Gasteiger partial charge is 0.341 e. The summed E-state index contributed by atoms with van der Waals surface area (Å²) in [6.07, 6.45) is 7.40. The molecule has 1 rings (SSSR count). The van der Waals surface area contributed by atoms with Gasteiger partial charge in [-0.15, -0.1) is 0 Å². The van der Waals surface area contributed by atoms with Gasteiger partial charge in [0.1, 0.15) is 0 Å². The number of hydrogen-bond donors (Lipinski definition) is 1. The summed E-state index contributed by atoms with van der Waals surface area (Å²) in [7, 11) is 0. The highest BCUT2D eigenvalue weighted by molar-refractivity contribution is 5.88. The summed E-state index contributed by atoms with van der Waals surface area (Å²) in [4.78, 5) is 15.0. The van der Waals surface area contributed by atoms with Crippen LogP contribution in [-0.2, 0) is 4.79 Å². The van der Waals surface area contributed by atoms with Crippen LogP contribution in [0.4, 0.5) is 5.95 Å². The van der Waals surface area contributed by atoms with E-state index >= 15 is 0 Å². The van der Waals surface area contributed by atoms with Crippen molar-refractivity contribution in [3.05, 3.63) is 6.39 Å². The van der Waals surface area contributed by atoms with Gasteiger partial charge < -0.3 is 4.52 Å². The Morgan fingerprint density at radius 2 is 2.20 bits per heavy atom. The third-order valence-corrected chi connectivity index (χ3v) is 2.12. The highest BCUT2D eigenvalue weighted by Gasteiger charge is 2.04. The van der Waals surface area contributed by atoms with Gasteiger partial charge in [-0.05, 0) is 11.6 Å². The Balaban J connectivity index is 2.04. The first-order chi connectivity index (χ1) is 7.33. The van der Waals surface area contributed by atoms with Crippen molar-refractivity contribution in [3.8, 4) is 0 Å². The molecule has 0 spiro atoms. The maximum Gasteiger partial charge on any atom is 0.269 e. The molecule has 0 aliphatic heterocycles. The molecule has 0 unspecified atom stereocenters. The first kappa shape index (κ1) is 11.7. The first-order valence-electron chi connectivity index (χ1n) is 5.39. The van der Waals surface area contributed by atoms with Crippen LogP contribution < -0.4 is 5.32 Å². The zero-order chi connectivity index (χ0) is 10.9. The third kappa shape index (κ3) is 5.15. The number of amides is 1. The van der Waals surface area contributed by atoms with E-state index in [2.05, 4.69) is 26.9 Å². The molecule has 0 bridgehead atoms. The number of anilines is 1. The van der Waals surface area contributed by atoms with Gasteiger partial charge in [-0.2, -0.15) is 4.98 Å². The molecule has 1 aromatic rings. The van der Waals surface area contributed by atoms with Crippen LogP contribution in [-0.4, -0.2) is 16.0 Å². The van der Waals surface area contributed by atoms with Crippen LogP contribution in [0.25, 0.3) is 0 Å². The van der Waals surface area contributed by atoms with Gasteiger partial charge in [0.15, 0.2) is 0 Å². The average molecular weight is 211 g/mol. The molecule has 0 saturated heterocycles. The Labute approximate surface area is 89.2 Å². The van der Waals surface area contributed by atoms with Crippen LogP contribution in [0.1, 0.15) is 45.4 Å². The van der Waals surface area contributed by atoms with Crippen molar-refractivity contribution < 1.29 is 9.32 Å². The van der Waals surface area contributed by atoms with Gasteiger partial charge in [0.2, 0.25) is 12.3 Å². The molecule has 5 heteroatoms. The van der Waals surface area contributed by atoms with Gasteiger partial charge in [0.05, 0.1) is 0 Å². The Morgan fingerprint density at radius 3 is 2.87 bits per heavy atom. The predicted octanol–water partition coefficient (Wildman–Crippen LogP) is 2.37. The summed E-state index contributed by atoms with van der Waals surface area (Å²) in [6, 6.07) is 0. The van der Waals surface area contributed by atoms with Gasteiger partial charge in [0, 0.05) is 6.42 Å². The number of aromatic nitrogens is 2. The highest BCUT2D eigenvalue weighted by atomic mass is 16.5. The number of carbonyl (C=O) groups excluding carboxylic acids is 1. The standard InChI is InChI=1S/C10H17N3O2/c1-2-3-4-5-6-7-9(14)12-10-11-8-15-13-10/h8H,2-7H2,1H3,(H,12,13,14). The molecule has 1 N–H and O–H groups in total. The smallest absolute Gasteiger partial charge is 0.269 e. The van der Waals surface area contributed by atoms with Crippen LogP contribution in [0.5, 0.6) is 0 Å². The van der Waals surface area contributed by atoms with E-state index in [0.29, 0.717) is 6.42 Å². The van der Waals surface area contributed by atoms with Crippen molar-refractivity contribution >= 4 is 11.9 Å². The van der Waals surface area contributed by atoms with E-state index in [1.807, 2.05) is 0 Å². The number of nitrogens with one attached hydrogen (secondary N) is 1. The molecule has 1 heterocycles. The molecule has 84 valence electrons. The number of nitrogens with zero attached hydrogens (tertiary/aromatic N) is 2. The Morgan fingerprint density at radius 1 is 1.40 bits per heavy atom. The van der Waals surface area contributed by atoms with E-state index in [9.17, 15) is 4.79 Å². The quantitative estimate of drug-likeness (QED) is 0.703. The van der Waals surface area contributed by atoms with Crippen molar-refractivity contribution in [2.75, 3.05) is 5.32 Å². The highest BCUT2D eigenvalue weighted by Crippen LogP contribution is 2.06. The number of unbranched alkanes of at least 4 members (excludes halogenated alkanes) is 4. The van der Waals surface area contributed by atoms with E-state index in [-0.39, 0.29) is 11.9 Å². The lowest BCUT2D eigenvalue weighted by Crippen LogP contribution is -2.12. The predicted molar refractivity (Wildman–Crippen MR) is 56.3 cm³/mol. The SMILES string of the molecule is CCCCCCCC(=O)Nc1ncon1.